The summed E-state index contributed by atoms with van der Waals surface area (Å²) in [4.78, 5) is 7.23. The lowest BCUT2D eigenvalue weighted by Crippen LogP contribution is -2.59. The average Bonchev–Trinajstić information content (AvgIpc) is 3.37. The minimum absolute atomic E-state index is 0.00125. The molecule has 10 rings (SSSR count). The maximum Gasteiger partial charge on any atom is 0.247 e. The summed E-state index contributed by atoms with van der Waals surface area (Å²) in [6, 6.07) is 82.3. The normalized spacial score (nSPS) is 12.1. The third-order valence-corrected chi connectivity index (χ3v) is 13.4. The number of anilines is 9. The van der Waals surface area contributed by atoms with Gasteiger partial charge in [-0.05, 0) is 147 Å². The van der Waals surface area contributed by atoms with Crippen molar-refractivity contribution in [3.8, 4) is 11.1 Å². The third-order valence-electron chi connectivity index (χ3n) is 13.4. The van der Waals surface area contributed by atoms with Crippen LogP contribution in [0.5, 0.6) is 0 Å². The Kier molecular flexibility index (Phi) is 12.1. The van der Waals surface area contributed by atoms with Crippen molar-refractivity contribution in [3.05, 3.63) is 241 Å². The SMILES string of the molecule is CC(C)c1cc(C(C)C)c(B2c3ccc(-c4ccc(N(c5ccccc5)c5ccccc5)cc4)cc3N(c3ccccc3)c3cc(N(c4ccccc4)c4ccccc4)ccc32)c(C(C)C)c1. The number of benzene rings is 9. The van der Waals surface area contributed by atoms with Crippen LogP contribution in [-0.4, -0.2) is 6.71 Å². The van der Waals surface area contributed by atoms with Crippen molar-refractivity contribution in [2.24, 2.45) is 0 Å². The molecule has 0 aromatic heterocycles. The van der Waals surface area contributed by atoms with E-state index in [-0.39, 0.29) is 6.71 Å². The monoisotopic (exact) mass is 867 g/mol. The van der Waals surface area contributed by atoms with Crippen molar-refractivity contribution >= 4 is 74.3 Å². The van der Waals surface area contributed by atoms with Crippen LogP contribution in [0.1, 0.15) is 76.0 Å². The highest BCUT2D eigenvalue weighted by molar-refractivity contribution is 6.98. The Labute approximate surface area is 398 Å². The molecule has 0 saturated carbocycles. The predicted molar refractivity (Wildman–Crippen MR) is 289 cm³/mol. The molecule has 0 radical (unpaired) electrons. The standard InChI is InChI=1S/C63H58BN3/c1-44(2)49-40-57(45(3)4)63(58(41-49)46(5)6)64-59-38-34-48(47-32-35-55(36-33-47)65(50-22-12-7-13-23-50)51-24-14-8-15-25-51)42-61(59)67(54-30-20-11-21-31-54)62-43-56(37-39-60(62)64)66(52-26-16-9-17-27-52)53-28-18-10-19-29-53/h7-46H,1-6H3. The van der Waals surface area contributed by atoms with E-state index >= 15 is 0 Å². The molecule has 328 valence electrons. The van der Waals surface area contributed by atoms with Gasteiger partial charge in [-0.2, -0.15) is 0 Å². The van der Waals surface area contributed by atoms with Gasteiger partial charge in [-0.3, -0.25) is 0 Å². The number of para-hydroxylation sites is 5. The van der Waals surface area contributed by atoms with Gasteiger partial charge in [0.05, 0.1) is 0 Å². The van der Waals surface area contributed by atoms with E-state index in [2.05, 4.69) is 281 Å². The first-order chi connectivity index (χ1) is 32.7. The molecule has 0 saturated heterocycles. The zero-order valence-electron chi connectivity index (χ0n) is 39.5. The molecule has 0 aliphatic carbocycles. The maximum atomic E-state index is 2.52. The smallest absolute Gasteiger partial charge is 0.247 e. The van der Waals surface area contributed by atoms with Gasteiger partial charge in [-0.25, -0.2) is 0 Å². The molecule has 0 bridgehead atoms. The van der Waals surface area contributed by atoms with Crippen molar-refractivity contribution in [2.75, 3.05) is 14.7 Å². The summed E-state index contributed by atoms with van der Waals surface area (Å²) in [5.41, 5.74) is 20.9. The van der Waals surface area contributed by atoms with Gasteiger partial charge >= 0.3 is 0 Å². The Bertz CT molecular complexity index is 2990. The molecule has 0 N–H and O–H groups in total. The number of rotatable bonds is 12. The lowest BCUT2D eigenvalue weighted by molar-refractivity contribution is 0.812. The van der Waals surface area contributed by atoms with Gasteiger partial charge in [-0.1, -0.05) is 180 Å². The van der Waals surface area contributed by atoms with Crippen LogP contribution in [0.25, 0.3) is 11.1 Å². The van der Waals surface area contributed by atoms with Gasteiger partial charge in [0, 0.05) is 51.2 Å². The molecule has 0 spiro atoms. The van der Waals surface area contributed by atoms with Gasteiger partial charge in [0.25, 0.3) is 0 Å². The first-order valence-electron chi connectivity index (χ1n) is 24.0. The Morgan fingerprint density at radius 2 is 0.716 bits per heavy atom. The molecule has 0 fully saturated rings. The second kappa shape index (κ2) is 18.7. The molecule has 0 unspecified atom stereocenters. The van der Waals surface area contributed by atoms with Gasteiger partial charge in [0.15, 0.2) is 0 Å². The van der Waals surface area contributed by atoms with E-state index in [9.17, 15) is 0 Å². The van der Waals surface area contributed by atoms with Crippen LogP contribution in [0.4, 0.5) is 51.2 Å². The third kappa shape index (κ3) is 8.45. The first kappa shape index (κ1) is 43.3. The second-order valence-corrected chi connectivity index (χ2v) is 18.8. The molecule has 9 aromatic rings. The fourth-order valence-electron chi connectivity index (χ4n) is 10.1. The van der Waals surface area contributed by atoms with Crippen molar-refractivity contribution in [1.82, 2.24) is 0 Å². The summed E-state index contributed by atoms with van der Waals surface area (Å²) >= 11 is 0. The van der Waals surface area contributed by atoms with Crippen molar-refractivity contribution in [3.63, 3.8) is 0 Å². The molecular formula is C63H58BN3. The van der Waals surface area contributed by atoms with E-state index < -0.39 is 0 Å². The van der Waals surface area contributed by atoms with E-state index in [1.54, 1.807) is 0 Å². The summed E-state index contributed by atoms with van der Waals surface area (Å²) in [6.45, 7) is 14.1. The van der Waals surface area contributed by atoms with E-state index in [4.69, 9.17) is 0 Å². The first-order valence-corrected chi connectivity index (χ1v) is 24.0. The molecule has 67 heavy (non-hydrogen) atoms. The fourth-order valence-corrected chi connectivity index (χ4v) is 10.1. The van der Waals surface area contributed by atoms with Gasteiger partial charge in [0.1, 0.15) is 0 Å². The van der Waals surface area contributed by atoms with Crippen LogP contribution < -0.4 is 31.1 Å². The van der Waals surface area contributed by atoms with Crippen LogP contribution in [0.2, 0.25) is 0 Å². The highest BCUT2D eigenvalue weighted by Gasteiger charge is 2.39. The minimum atomic E-state index is -0.00125. The van der Waals surface area contributed by atoms with Gasteiger partial charge in [0.2, 0.25) is 6.71 Å². The number of fused-ring (bicyclic) bond motifs is 2. The molecule has 9 aromatic carbocycles. The number of nitrogens with zero attached hydrogens (tertiary/aromatic N) is 3. The topological polar surface area (TPSA) is 9.72 Å². The summed E-state index contributed by atoms with van der Waals surface area (Å²) in [7, 11) is 0. The molecule has 0 amide bonds. The highest BCUT2D eigenvalue weighted by atomic mass is 15.2. The largest absolute Gasteiger partial charge is 0.311 e. The lowest BCUT2D eigenvalue weighted by Gasteiger charge is -2.40. The molecule has 1 aliphatic heterocycles. The quantitative estimate of drug-likeness (QED) is 0.113. The molecule has 3 nitrogen and oxygen atoms in total. The van der Waals surface area contributed by atoms with E-state index in [1.165, 1.54) is 55.6 Å². The highest BCUT2D eigenvalue weighted by Crippen LogP contribution is 2.43. The summed E-state index contributed by atoms with van der Waals surface area (Å²) in [5.74, 6) is 1.09. The van der Waals surface area contributed by atoms with E-state index in [0.717, 1.165) is 39.8 Å². The zero-order valence-corrected chi connectivity index (χ0v) is 39.5. The number of hydrogen-bond donors (Lipinski definition) is 0. The Hall–Kier alpha value is -7.56. The van der Waals surface area contributed by atoms with Crippen LogP contribution in [0.15, 0.2) is 224 Å². The van der Waals surface area contributed by atoms with Gasteiger partial charge < -0.3 is 14.7 Å². The van der Waals surface area contributed by atoms with E-state index in [1.807, 2.05) is 0 Å². The summed E-state index contributed by atoms with van der Waals surface area (Å²) in [6.07, 6.45) is 0. The maximum absolute atomic E-state index is 2.52. The number of hydrogen-bond acceptors (Lipinski definition) is 3. The lowest BCUT2D eigenvalue weighted by atomic mass is 9.33. The predicted octanol–water partition coefficient (Wildman–Crippen LogP) is 16.0. The Morgan fingerprint density at radius 1 is 0.343 bits per heavy atom. The minimum Gasteiger partial charge on any atom is -0.311 e. The molecule has 0 atom stereocenters. The summed E-state index contributed by atoms with van der Waals surface area (Å²) < 4.78 is 0. The van der Waals surface area contributed by atoms with Crippen molar-refractivity contribution in [2.45, 2.75) is 59.3 Å². The summed E-state index contributed by atoms with van der Waals surface area (Å²) in [5, 5.41) is 0. The average molecular weight is 868 g/mol. The molecular weight excluding hydrogens is 810 g/mol. The van der Waals surface area contributed by atoms with Gasteiger partial charge in [-0.15, -0.1) is 0 Å². The van der Waals surface area contributed by atoms with Crippen molar-refractivity contribution in [1.29, 1.82) is 0 Å². The molecule has 1 aliphatic rings. The molecule has 1 heterocycles. The Morgan fingerprint density at radius 3 is 1.16 bits per heavy atom. The van der Waals surface area contributed by atoms with Crippen molar-refractivity contribution < 1.29 is 0 Å². The van der Waals surface area contributed by atoms with Crippen LogP contribution in [0, 0.1) is 0 Å². The van der Waals surface area contributed by atoms with E-state index in [0.29, 0.717) is 17.8 Å². The van der Waals surface area contributed by atoms with Crippen LogP contribution in [0.3, 0.4) is 0 Å². The van der Waals surface area contributed by atoms with Crippen LogP contribution >= 0.6 is 0 Å². The molecule has 4 heteroatoms. The Balaban J connectivity index is 1.21. The van der Waals surface area contributed by atoms with Crippen LogP contribution in [-0.2, 0) is 0 Å². The fraction of sp³-hybridized carbons (Fsp3) is 0.143. The zero-order chi connectivity index (χ0) is 46.0. The second-order valence-electron chi connectivity index (χ2n) is 18.8.